The Morgan fingerprint density at radius 2 is 2.10 bits per heavy atom. The molecule has 21 heavy (non-hydrogen) atoms. The van der Waals surface area contributed by atoms with E-state index in [1.54, 1.807) is 31.4 Å². The fraction of sp³-hybridized carbons (Fsp3) is 0.562. The number of ether oxygens (including phenoxy) is 1. The van der Waals surface area contributed by atoms with Gasteiger partial charge in [0.15, 0.2) is 0 Å². The van der Waals surface area contributed by atoms with Gasteiger partial charge in [-0.05, 0) is 37.0 Å². The van der Waals surface area contributed by atoms with Crippen LogP contribution in [-0.4, -0.2) is 37.3 Å². The normalized spacial score (nSPS) is 17.8. The number of rotatable bonds is 7. The van der Waals surface area contributed by atoms with Crippen LogP contribution in [0.1, 0.15) is 24.8 Å². The Morgan fingerprint density at radius 3 is 2.62 bits per heavy atom. The van der Waals surface area contributed by atoms with Crippen LogP contribution in [0.2, 0.25) is 0 Å². The predicted molar refractivity (Wildman–Crippen MR) is 81.0 cm³/mol. The summed E-state index contributed by atoms with van der Waals surface area (Å²) in [6.07, 6.45) is 3.84. The highest BCUT2D eigenvalue weighted by Crippen LogP contribution is 2.40. The third-order valence-electron chi connectivity index (χ3n) is 4.23. The minimum atomic E-state index is -0.575. The molecule has 1 amide bonds. The Morgan fingerprint density at radius 1 is 1.43 bits per heavy atom. The molecule has 0 heterocycles. The molecular formula is C16H24N2O3. The molecule has 0 aromatic heterocycles. The fourth-order valence-electron chi connectivity index (χ4n) is 2.74. The number of hydrogen-bond acceptors (Lipinski definition) is 4. The van der Waals surface area contributed by atoms with Crippen molar-refractivity contribution in [3.63, 3.8) is 0 Å². The van der Waals surface area contributed by atoms with Gasteiger partial charge < -0.3 is 20.9 Å². The largest absolute Gasteiger partial charge is 0.508 e. The van der Waals surface area contributed by atoms with Crippen molar-refractivity contribution in [1.29, 1.82) is 0 Å². The first kappa shape index (κ1) is 15.8. The van der Waals surface area contributed by atoms with Crippen molar-refractivity contribution < 1.29 is 14.6 Å². The number of phenols is 1. The Labute approximate surface area is 125 Å². The molecule has 1 aromatic rings. The van der Waals surface area contributed by atoms with Gasteiger partial charge >= 0.3 is 0 Å². The summed E-state index contributed by atoms with van der Waals surface area (Å²) < 4.78 is 5.24. The predicted octanol–water partition coefficient (Wildman–Crippen LogP) is 1.19. The number of nitrogens with one attached hydrogen (secondary N) is 1. The third-order valence-corrected chi connectivity index (χ3v) is 4.23. The zero-order valence-electron chi connectivity index (χ0n) is 12.5. The van der Waals surface area contributed by atoms with Crippen LogP contribution in [0.5, 0.6) is 5.75 Å². The van der Waals surface area contributed by atoms with E-state index < -0.39 is 6.04 Å². The number of hydrogen-bond donors (Lipinski definition) is 3. The van der Waals surface area contributed by atoms with Crippen LogP contribution in [0.15, 0.2) is 24.3 Å². The van der Waals surface area contributed by atoms with Gasteiger partial charge in [-0.25, -0.2) is 0 Å². The highest BCUT2D eigenvalue weighted by molar-refractivity contribution is 5.81. The summed E-state index contributed by atoms with van der Waals surface area (Å²) in [7, 11) is 1.69. The average Bonchev–Trinajstić information content (AvgIpc) is 2.43. The Balaban J connectivity index is 1.81. The van der Waals surface area contributed by atoms with E-state index in [1.807, 2.05) is 0 Å². The molecule has 5 nitrogen and oxygen atoms in total. The second-order valence-corrected chi connectivity index (χ2v) is 5.98. The van der Waals surface area contributed by atoms with Gasteiger partial charge in [0.25, 0.3) is 0 Å². The fourth-order valence-corrected chi connectivity index (χ4v) is 2.74. The number of nitrogens with two attached hydrogens (primary N) is 1. The molecule has 1 aliphatic carbocycles. The highest BCUT2D eigenvalue weighted by atomic mass is 16.5. The van der Waals surface area contributed by atoms with Crippen LogP contribution < -0.4 is 11.1 Å². The molecule has 1 fully saturated rings. The topological polar surface area (TPSA) is 84.6 Å². The first-order valence-corrected chi connectivity index (χ1v) is 7.35. The van der Waals surface area contributed by atoms with Gasteiger partial charge in [0, 0.05) is 19.1 Å². The number of phenolic OH excluding ortho intramolecular Hbond substituents is 1. The lowest BCUT2D eigenvalue weighted by molar-refractivity contribution is -0.123. The van der Waals surface area contributed by atoms with Crippen molar-refractivity contribution in [2.45, 2.75) is 31.7 Å². The molecule has 0 unspecified atom stereocenters. The van der Waals surface area contributed by atoms with Crippen LogP contribution in [0.25, 0.3) is 0 Å². The van der Waals surface area contributed by atoms with Crippen LogP contribution >= 0.6 is 0 Å². The number of benzene rings is 1. The van der Waals surface area contributed by atoms with Crippen molar-refractivity contribution >= 4 is 5.91 Å². The van der Waals surface area contributed by atoms with Crippen LogP contribution in [-0.2, 0) is 16.0 Å². The van der Waals surface area contributed by atoms with E-state index in [0.717, 1.165) is 18.4 Å². The lowest BCUT2D eigenvalue weighted by Gasteiger charge is -2.41. The van der Waals surface area contributed by atoms with Crippen molar-refractivity contribution in [2.24, 2.45) is 11.1 Å². The standard InChI is InChI=1S/C16H24N2O3/c1-21-11-16(7-2-8-16)10-18-15(20)14(17)9-12-3-5-13(19)6-4-12/h3-6,14,19H,2,7-11,17H2,1H3,(H,18,20)/t14-/m0/s1. The molecule has 1 atom stereocenters. The molecule has 0 saturated heterocycles. The molecule has 1 aromatic carbocycles. The van der Waals surface area contributed by atoms with Gasteiger partial charge in [0.1, 0.15) is 5.75 Å². The Bertz CT molecular complexity index is 469. The van der Waals surface area contributed by atoms with Gasteiger partial charge in [-0.2, -0.15) is 0 Å². The molecule has 0 aliphatic heterocycles. The number of carbonyl (C=O) groups excluding carboxylic acids is 1. The summed E-state index contributed by atoms with van der Waals surface area (Å²) in [5.41, 5.74) is 6.98. The first-order chi connectivity index (χ1) is 10.0. The summed E-state index contributed by atoms with van der Waals surface area (Å²) in [5.74, 6) is 0.0775. The van der Waals surface area contributed by atoms with E-state index in [-0.39, 0.29) is 17.1 Å². The number of amides is 1. The Hall–Kier alpha value is -1.59. The molecule has 5 heteroatoms. The second kappa shape index (κ2) is 6.91. The molecule has 1 aliphatic rings. The summed E-state index contributed by atoms with van der Waals surface area (Å²) in [6.45, 7) is 1.31. The summed E-state index contributed by atoms with van der Waals surface area (Å²) >= 11 is 0. The average molecular weight is 292 g/mol. The maximum Gasteiger partial charge on any atom is 0.237 e. The lowest BCUT2D eigenvalue weighted by atomic mass is 9.69. The maximum absolute atomic E-state index is 12.1. The van der Waals surface area contributed by atoms with Gasteiger partial charge in [-0.1, -0.05) is 18.6 Å². The molecule has 4 N–H and O–H groups in total. The van der Waals surface area contributed by atoms with Gasteiger partial charge in [0.05, 0.1) is 12.6 Å². The van der Waals surface area contributed by atoms with Crippen molar-refractivity contribution in [3.05, 3.63) is 29.8 Å². The van der Waals surface area contributed by atoms with E-state index in [9.17, 15) is 9.90 Å². The third kappa shape index (κ3) is 4.19. The maximum atomic E-state index is 12.1. The zero-order valence-corrected chi connectivity index (χ0v) is 12.5. The van der Waals surface area contributed by atoms with Gasteiger partial charge in [0.2, 0.25) is 5.91 Å². The van der Waals surface area contributed by atoms with E-state index >= 15 is 0 Å². The van der Waals surface area contributed by atoms with Crippen molar-refractivity contribution in [3.8, 4) is 5.75 Å². The first-order valence-electron chi connectivity index (χ1n) is 7.35. The smallest absolute Gasteiger partial charge is 0.237 e. The summed E-state index contributed by atoms with van der Waals surface area (Å²) in [4.78, 5) is 12.1. The van der Waals surface area contributed by atoms with Crippen molar-refractivity contribution in [1.82, 2.24) is 5.32 Å². The number of carbonyl (C=O) groups is 1. The summed E-state index contributed by atoms with van der Waals surface area (Å²) in [6, 6.07) is 6.18. The van der Waals surface area contributed by atoms with Crippen LogP contribution in [0.3, 0.4) is 0 Å². The van der Waals surface area contributed by atoms with E-state index in [0.29, 0.717) is 19.6 Å². The summed E-state index contributed by atoms with van der Waals surface area (Å²) in [5, 5.41) is 12.2. The van der Waals surface area contributed by atoms with E-state index in [4.69, 9.17) is 10.5 Å². The van der Waals surface area contributed by atoms with Gasteiger partial charge in [-0.15, -0.1) is 0 Å². The molecule has 0 spiro atoms. The molecule has 2 rings (SSSR count). The van der Waals surface area contributed by atoms with E-state index in [1.165, 1.54) is 6.42 Å². The molecule has 1 saturated carbocycles. The lowest BCUT2D eigenvalue weighted by Crippen LogP contribution is -2.49. The number of aromatic hydroxyl groups is 1. The quantitative estimate of drug-likeness (QED) is 0.705. The zero-order chi connectivity index (χ0) is 15.3. The molecule has 0 bridgehead atoms. The molecule has 0 radical (unpaired) electrons. The SMILES string of the molecule is COCC1(CNC(=O)[C@@H](N)Cc2ccc(O)cc2)CCC1. The molecular weight excluding hydrogens is 268 g/mol. The second-order valence-electron chi connectivity index (χ2n) is 5.98. The Kier molecular flexibility index (Phi) is 5.20. The van der Waals surface area contributed by atoms with Crippen molar-refractivity contribution in [2.75, 3.05) is 20.3 Å². The van der Waals surface area contributed by atoms with Crippen LogP contribution in [0.4, 0.5) is 0 Å². The van der Waals surface area contributed by atoms with Crippen LogP contribution in [0, 0.1) is 5.41 Å². The van der Waals surface area contributed by atoms with Gasteiger partial charge in [-0.3, -0.25) is 4.79 Å². The minimum Gasteiger partial charge on any atom is -0.508 e. The molecule has 116 valence electrons. The minimum absolute atomic E-state index is 0.0999. The number of methoxy groups -OCH3 is 1. The highest BCUT2D eigenvalue weighted by Gasteiger charge is 2.37. The van der Waals surface area contributed by atoms with E-state index in [2.05, 4.69) is 5.32 Å². The monoisotopic (exact) mass is 292 g/mol.